The Bertz CT molecular complexity index is 672. The number of benzene rings is 1. The molecule has 4 nitrogen and oxygen atoms in total. The molecule has 0 spiro atoms. The second-order valence-electron chi connectivity index (χ2n) is 3.81. The minimum Gasteiger partial charge on any atom is -0.495 e. The number of sulfone groups is 1. The maximum Gasteiger partial charge on any atom is 0.189 e. The van der Waals surface area contributed by atoms with Crippen LogP contribution < -0.4 is 4.74 Å². The zero-order valence-electron chi connectivity index (χ0n) is 10.2. The van der Waals surface area contributed by atoms with Gasteiger partial charge in [0.15, 0.2) is 15.6 Å². The SMILES string of the molecule is COc1ccccc1S(=O)(=O)CC(=O)c1cccs1. The Morgan fingerprint density at radius 3 is 2.58 bits per heavy atom. The Kier molecular flexibility index (Phi) is 4.01. The van der Waals surface area contributed by atoms with Crippen LogP contribution in [0.4, 0.5) is 0 Å². The smallest absolute Gasteiger partial charge is 0.189 e. The molecule has 2 aromatic rings. The summed E-state index contributed by atoms with van der Waals surface area (Å²) in [4.78, 5) is 12.4. The largest absolute Gasteiger partial charge is 0.495 e. The third-order valence-corrected chi connectivity index (χ3v) is 5.08. The van der Waals surface area contributed by atoms with Gasteiger partial charge in [-0.25, -0.2) is 8.42 Å². The summed E-state index contributed by atoms with van der Waals surface area (Å²) in [6.45, 7) is 0. The summed E-state index contributed by atoms with van der Waals surface area (Å²) in [7, 11) is -2.30. The molecule has 0 saturated carbocycles. The van der Waals surface area contributed by atoms with Gasteiger partial charge in [0.1, 0.15) is 16.4 Å². The molecule has 0 aliphatic carbocycles. The fraction of sp³-hybridized carbons (Fsp3) is 0.154. The first-order valence-corrected chi connectivity index (χ1v) is 8.00. The van der Waals surface area contributed by atoms with Gasteiger partial charge in [-0.3, -0.25) is 4.79 Å². The van der Waals surface area contributed by atoms with Crippen LogP contribution in [0.2, 0.25) is 0 Å². The molecule has 19 heavy (non-hydrogen) atoms. The summed E-state index contributed by atoms with van der Waals surface area (Å²) in [5.41, 5.74) is 0. The number of hydrogen-bond donors (Lipinski definition) is 0. The Morgan fingerprint density at radius 1 is 1.21 bits per heavy atom. The van der Waals surface area contributed by atoms with Gasteiger partial charge < -0.3 is 4.74 Å². The molecule has 0 atom stereocenters. The predicted octanol–water partition coefficient (Wildman–Crippen LogP) is 2.41. The molecular formula is C13H12O4S2. The van der Waals surface area contributed by atoms with E-state index in [1.165, 1.54) is 24.5 Å². The highest BCUT2D eigenvalue weighted by atomic mass is 32.2. The van der Waals surface area contributed by atoms with E-state index in [-0.39, 0.29) is 10.6 Å². The van der Waals surface area contributed by atoms with E-state index in [0.717, 1.165) is 0 Å². The molecule has 0 radical (unpaired) electrons. The van der Waals surface area contributed by atoms with Crippen molar-refractivity contribution in [3.63, 3.8) is 0 Å². The molecule has 1 aromatic carbocycles. The normalized spacial score (nSPS) is 11.2. The molecule has 0 saturated heterocycles. The number of para-hydroxylation sites is 1. The lowest BCUT2D eigenvalue weighted by Gasteiger charge is -2.08. The van der Waals surface area contributed by atoms with Crippen LogP contribution >= 0.6 is 11.3 Å². The van der Waals surface area contributed by atoms with Gasteiger partial charge in [-0.1, -0.05) is 18.2 Å². The average Bonchev–Trinajstić information content (AvgIpc) is 2.92. The highest BCUT2D eigenvalue weighted by Crippen LogP contribution is 2.24. The number of methoxy groups -OCH3 is 1. The first-order chi connectivity index (χ1) is 9.04. The first-order valence-electron chi connectivity index (χ1n) is 5.47. The first kappa shape index (κ1) is 13.8. The molecule has 0 aliphatic heterocycles. The van der Waals surface area contributed by atoms with E-state index in [4.69, 9.17) is 4.74 Å². The second-order valence-corrected chi connectivity index (χ2v) is 6.72. The number of carbonyl (C=O) groups excluding carboxylic acids is 1. The van der Waals surface area contributed by atoms with Gasteiger partial charge >= 0.3 is 0 Å². The van der Waals surface area contributed by atoms with Gasteiger partial charge in [0.2, 0.25) is 0 Å². The number of Topliss-reactive ketones (excluding diaryl/α,β-unsaturated/α-hetero) is 1. The number of carbonyl (C=O) groups is 1. The van der Waals surface area contributed by atoms with Crippen LogP contribution in [0.1, 0.15) is 9.67 Å². The molecule has 100 valence electrons. The third-order valence-electron chi connectivity index (χ3n) is 2.52. The van der Waals surface area contributed by atoms with Crippen molar-refractivity contribution in [1.29, 1.82) is 0 Å². The monoisotopic (exact) mass is 296 g/mol. The van der Waals surface area contributed by atoms with E-state index in [2.05, 4.69) is 0 Å². The average molecular weight is 296 g/mol. The fourth-order valence-electron chi connectivity index (χ4n) is 1.63. The van der Waals surface area contributed by atoms with E-state index in [1.54, 1.807) is 35.7 Å². The Morgan fingerprint density at radius 2 is 1.95 bits per heavy atom. The van der Waals surface area contributed by atoms with Crippen LogP contribution in [0.15, 0.2) is 46.7 Å². The van der Waals surface area contributed by atoms with Gasteiger partial charge in [-0.15, -0.1) is 11.3 Å². The van der Waals surface area contributed by atoms with Crippen molar-refractivity contribution >= 4 is 27.0 Å². The number of hydrogen-bond acceptors (Lipinski definition) is 5. The zero-order valence-corrected chi connectivity index (χ0v) is 11.8. The molecule has 1 aromatic heterocycles. The minimum atomic E-state index is -3.70. The molecular weight excluding hydrogens is 284 g/mol. The van der Waals surface area contributed by atoms with Crippen molar-refractivity contribution in [3.8, 4) is 5.75 Å². The predicted molar refractivity (Wildman–Crippen MR) is 73.7 cm³/mol. The van der Waals surface area contributed by atoms with Gasteiger partial charge in [0.25, 0.3) is 0 Å². The van der Waals surface area contributed by atoms with Crippen LogP contribution in [0.25, 0.3) is 0 Å². The van der Waals surface area contributed by atoms with Crippen LogP contribution in [-0.4, -0.2) is 27.1 Å². The van der Waals surface area contributed by atoms with Crippen molar-refractivity contribution in [1.82, 2.24) is 0 Å². The lowest BCUT2D eigenvalue weighted by Crippen LogP contribution is -2.16. The summed E-state index contributed by atoms with van der Waals surface area (Å²) < 4.78 is 29.5. The van der Waals surface area contributed by atoms with Crippen LogP contribution in [0, 0.1) is 0 Å². The van der Waals surface area contributed by atoms with Crippen LogP contribution in [-0.2, 0) is 9.84 Å². The lowest BCUT2D eigenvalue weighted by atomic mass is 10.3. The molecule has 6 heteroatoms. The third kappa shape index (κ3) is 3.02. The number of ether oxygens (including phenoxy) is 1. The lowest BCUT2D eigenvalue weighted by molar-refractivity contribution is 0.102. The zero-order chi connectivity index (χ0) is 13.9. The molecule has 2 rings (SSSR count). The van der Waals surface area contributed by atoms with Crippen LogP contribution in [0.5, 0.6) is 5.75 Å². The molecule has 0 fully saturated rings. The van der Waals surface area contributed by atoms with Crippen molar-refractivity contribution in [3.05, 3.63) is 46.7 Å². The topological polar surface area (TPSA) is 60.4 Å². The van der Waals surface area contributed by atoms with E-state index in [1.807, 2.05) is 0 Å². The standard InChI is InChI=1S/C13H12O4S2/c1-17-11-5-2-3-7-13(11)19(15,16)9-10(14)12-6-4-8-18-12/h2-8H,9H2,1H3. The maximum absolute atomic E-state index is 12.2. The fourth-order valence-corrected chi connectivity index (χ4v) is 3.79. The Hall–Kier alpha value is -1.66. The Balaban J connectivity index is 2.31. The number of ketones is 1. The van der Waals surface area contributed by atoms with Gasteiger partial charge in [0, 0.05) is 0 Å². The number of rotatable bonds is 5. The summed E-state index contributed by atoms with van der Waals surface area (Å²) in [6.07, 6.45) is 0. The molecule has 0 N–H and O–H groups in total. The van der Waals surface area contributed by atoms with E-state index in [9.17, 15) is 13.2 Å². The highest BCUT2D eigenvalue weighted by molar-refractivity contribution is 7.92. The van der Waals surface area contributed by atoms with Gasteiger partial charge in [-0.2, -0.15) is 0 Å². The molecule has 0 unspecified atom stereocenters. The van der Waals surface area contributed by atoms with Crippen molar-refractivity contribution in [2.24, 2.45) is 0 Å². The Labute approximate surface area is 115 Å². The second kappa shape index (κ2) is 5.54. The number of thiophene rings is 1. The van der Waals surface area contributed by atoms with E-state index < -0.39 is 21.4 Å². The van der Waals surface area contributed by atoms with Gasteiger partial charge in [0.05, 0.1) is 12.0 Å². The van der Waals surface area contributed by atoms with E-state index in [0.29, 0.717) is 4.88 Å². The summed E-state index contributed by atoms with van der Waals surface area (Å²) >= 11 is 1.23. The van der Waals surface area contributed by atoms with Crippen molar-refractivity contribution in [2.75, 3.05) is 12.9 Å². The van der Waals surface area contributed by atoms with E-state index >= 15 is 0 Å². The molecule has 0 aliphatic rings. The van der Waals surface area contributed by atoms with Crippen LogP contribution in [0.3, 0.4) is 0 Å². The van der Waals surface area contributed by atoms with Gasteiger partial charge in [-0.05, 0) is 23.6 Å². The summed E-state index contributed by atoms with van der Waals surface area (Å²) in [5.74, 6) is -0.698. The molecule has 0 amide bonds. The van der Waals surface area contributed by atoms with Crippen molar-refractivity contribution in [2.45, 2.75) is 4.90 Å². The quantitative estimate of drug-likeness (QED) is 0.795. The summed E-state index contributed by atoms with van der Waals surface area (Å²) in [5, 5.41) is 1.74. The highest BCUT2D eigenvalue weighted by Gasteiger charge is 2.23. The van der Waals surface area contributed by atoms with Crippen molar-refractivity contribution < 1.29 is 17.9 Å². The minimum absolute atomic E-state index is 0.0439. The molecule has 0 bridgehead atoms. The molecule has 1 heterocycles. The maximum atomic E-state index is 12.2. The summed E-state index contributed by atoms with van der Waals surface area (Å²) in [6, 6.07) is 9.61.